The topological polar surface area (TPSA) is 66.9 Å². The lowest BCUT2D eigenvalue weighted by molar-refractivity contribution is -0.115. The molecule has 0 fully saturated rings. The molecule has 1 aliphatic rings. The second kappa shape index (κ2) is 6.41. The van der Waals surface area contributed by atoms with Crippen molar-refractivity contribution >= 4 is 28.9 Å². The second-order valence-electron chi connectivity index (χ2n) is 5.59. The maximum atomic E-state index is 12.0. The van der Waals surface area contributed by atoms with Gasteiger partial charge in [0.2, 0.25) is 11.9 Å². The van der Waals surface area contributed by atoms with Crippen LogP contribution in [0.4, 0.5) is 11.6 Å². The Bertz CT molecular complexity index is 876. The number of hydrogen-bond donors (Lipinski definition) is 2. The number of amides is 1. The van der Waals surface area contributed by atoms with Crippen molar-refractivity contribution in [2.45, 2.75) is 12.8 Å². The van der Waals surface area contributed by atoms with Crippen LogP contribution < -0.4 is 10.6 Å². The van der Waals surface area contributed by atoms with Crippen molar-refractivity contribution in [2.75, 3.05) is 17.2 Å². The fraction of sp³-hybridized carbons (Fsp3) is 0.167. The number of carbonyl (C=O) groups excluding carboxylic acids is 1. The number of fused-ring (bicyclic) bond motifs is 3. The first-order valence-electron chi connectivity index (χ1n) is 7.81. The number of carbonyl (C=O) groups is 1. The Hall–Kier alpha value is -2.73. The summed E-state index contributed by atoms with van der Waals surface area (Å²) < 4.78 is 0. The van der Waals surface area contributed by atoms with Gasteiger partial charge in [0.15, 0.2) is 0 Å². The molecule has 5 nitrogen and oxygen atoms in total. The summed E-state index contributed by atoms with van der Waals surface area (Å²) in [4.78, 5) is 22.4. The summed E-state index contributed by atoms with van der Waals surface area (Å²) in [7, 11) is 0. The third kappa shape index (κ3) is 3.00. The number of thiophene rings is 1. The highest BCUT2D eigenvalue weighted by Crippen LogP contribution is 2.32. The predicted octanol–water partition coefficient (Wildman–Crippen LogP) is 3.35. The van der Waals surface area contributed by atoms with Gasteiger partial charge in [0.25, 0.3) is 0 Å². The second-order valence-corrected chi connectivity index (χ2v) is 6.63. The average Bonchev–Trinajstić information content (AvgIpc) is 3.05. The molecule has 0 atom stereocenters. The van der Waals surface area contributed by atoms with Crippen molar-refractivity contribution in [3.63, 3.8) is 0 Å². The van der Waals surface area contributed by atoms with Crippen molar-refractivity contribution in [1.29, 1.82) is 0 Å². The molecule has 0 unspecified atom stereocenters. The molecular formula is C18H16N4OS. The Kier molecular flexibility index (Phi) is 3.96. The van der Waals surface area contributed by atoms with Gasteiger partial charge in [-0.25, -0.2) is 9.97 Å². The van der Waals surface area contributed by atoms with E-state index in [1.807, 2.05) is 24.3 Å². The fourth-order valence-corrected chi connectivity index (χ4v) is 3.48. The van der Waals surface area contributed by atoms with E-state index >= 15 is 0 Å². The van der Waals surface area contributed by atoms with Crippen LogP contribution in [0.3, 0.4) is 0 Å². The summed E-state index contributed by atoms with van der Waals surface area (Å²) >= 11 is 1.75. The van der Waals surface area contributed by atoms with Gasteiger partial charge >= 0.3 is 0 Å². The van der Waals surface area contributed by atoms with E-state index in [2.05, 4.69) is 38.1 Å². The zero-order chi connectivity index (χ0) is 16.4. The van der Waals surface area contributed by atoms with Crippen molar-refractivity contribution in [1.82, 2.24) is 9.97 Å². The van der Waals surface area contributed by atoms with Gasteiger partial charge in [0, 0.05) is 28.7 Å². The Morgan fingerprint density at radius 2 is 2.12 bits per heavy atom. The smallest absolute Gasteiger partial charge is 0.228 e. The molecular weight excluding hydrogens is 320 g/mol. The largest absolute Gasteiger partial charge is 0.354 e. The monoisotopic (exact) mass is 336 g/mol. The number of rotatable bonds is 4. The number of hydrogen-bond acceptors (Lipinski definition) is 5. The summed E-state index contributed by atoms with van der Waals surface area (Å²) in [6.45, 7) is 0.776. The highest BCUT2D eigenvalue weighted by atomic mass is 32.1. The van der Waals surface area contributed by atoms with Crippen molar-refractivity contribution in [3.05, 3.63) is 58.4 Å². The van der Waals surface area contributed by atoms with Crippen LogP contribution in [0.15, 0.2) is 48.0 Å². The zero-order valence-electron chi connectivity index (χ0n) is 13.0. The molecule has 0 aliphatic carbocycles. The summed E-state index contributed by atoms with van der Waals surface area (Å²) in [5.74, 6) is 0.553. The van der Waals surface area contributed by atoms with E-state index in [0.29, 0.717) is 12.4 Å². The summed E-state index contributed by atoms with van der Waals surface area (Å²) in [6, 6.07) is 11.9. The lowest BCUT2D eigenvalue weighted by Crippen LogP contribution is -2.13. The van der Waals surface area contributed by atoms with Crippen LogP contribution in [0.25, 0.3) is 11.3 Å². The molecule has 0 spiro atoms. The molecule has 3 aromatic rings. The highest BCUT2D eigenvalue weighted by Gasteiger charge is 2.20. The van der Waals surface area contributed by atoms with Crippen LogP contribution >= 0.6 is 11.3 Å². The highest BCUT2D eigenvalue weighted by molar-refractivity contribution is 7.09. The van der Waals surface area contributed by atoms with Crippen molar-refractivity contribution in [2.24, 2.45) is 0 Å². The van der Waals surface area contributed by atoms with E-state index in [0.717, 1.165) is 35.5 Å². The van der Waals surface area contributed by atoms with E-state index in [1.54, 1.807) is 17.5 Å². The molecule has 2 N–H and O–H groups in total. The van der Waals surface area contributed by atoms with E-state index in [1.165, 1.54) is 4.88 Å². The minimum atomic E-state index is -0.0387. The maximum absolute atomic E-state index is 12.0. The van der Waals surface area contributed by atoms with Crippen molar-refractivity contribution in [3.8, 4) is 11.3 Å². The first-order chi connectivity index (χ1) is 11.8. The molecule has 0 saturated carbocycles. The van der Waals surface area contributed by atoms with Crippen LogP contribution in [0.5, 0.6) is 0 Å². The first kappa shape index (κ1) is 14.8. The van der Waals surface area contributed by atoms with Gasteiger partial charge in [-0.15, -0.1) is 11.3 Å². The van der Waals surface area contributed by atoms with Gasteiger partial charge in [0.05, 0.1) is 17.8 Å². The SMILES string of the molecule is O=C1Cc2cnc(NCCc3cccs3)nc2-c2ccccc2N1. The summed E-state index contributed by atoms with van der Waals surface area (Å²) in [5.41, 5.74) is 3.39. The van der Waals surface area contributed by atoms with Crippen molar-refractivity contribution < 1.29 is 4.79 Å². The van der Waals surface area contributed by atoms with E-state index in [-0.39, 0.29) is 5.91 Å². The Labute approximate surface area is 143 Å². The molecule has 0 saturated heterocycles. The van der Waals surface area contributed by atoms with Gasteiger partial charge in [-0.1, -0.05) is 24.3 Å². The number of aromatic nitrogens is 2. The third-order valence-corrected chi connectivity index (χ3v) is 4.84. The molecule has 1 amide bonds. The molecule has 4 rings (SSSR count). The fourth-order valence-electron chi connectivity index (χ4n) is 2.77. The minimum absolute atomic E-state index is 0.0387. The number of benzene rings is 1. The number of nitrogens with zero attached hydrogens (tertiary/aromatic N) is 2. The third-order valence-electron chi connectivity index (χ3n) is 3.91. The lowest BCUT2D eigenvalue weighted by atomic mass is 10.1. The number of para-hydroxylation sites is 1. The lowest BCUT2D eigenvalue weighted by Gasteiger charge is -2.10. The molecule has 2 aromatic heterocycles. The van der Waals surface area contributed by atoms with Gasteiger partial charge < -0.3 is 10.6 Å². The van der Waals surface area contributed by atoms with Crippen LogP contribution in [0.1, 0.15) is 10.4 Å². The zero-order valence-corrected chi connectivity index (χ0v) is 13.8. The van der Waals surface area contributed by atoms with Crippen LogP contribution in [0, 0.1) is 0 Å². The molecule has 0 bridgehead atoms. The average molecular weight is 336 g/mol. The molecule has 6 heteroatoms. The van der Waals surface area contributed by atoms with Gasteiger partial charge in [-0.2, -0.15) is 0 Å². The molecule has 120 valence electrons. The Balaban J connectivity index is 1.60. The first-order valence-corrected chi connectivity index (χ1v) is 8.69. The Morgan fingerprint density at radius 1 is 1.21 bits per heavy atom. The predicted molar refractivity (Wildman–Crippen MR) is 96.3 cm³/mol. The van der Waals surface area contributed by atoms with Gasteiger partial charge in [-0.3, -0.25) is 4.79 Å². The normalized spacial score (nSPS) is 12.8. The van der Waals surface area contributed by atoms with E-state index in [4.69, 9.17) is 0 Å². The molecule has 1 aliphatic heterocycles. The number of nitrogens with one attached hydrogen (secondary N) is 2. The Morgan fingerprint density at radius 3 is 3.00 bits per heavy atom. The summed E-state index contributed by atoms with van der Waals surface area (Å²) in [6.07, 6.45) is 2.98. The quantitative estimate of drug-likeness (QED) is 0.767. The van der Waals surface area contributed by atoms with E-state index < -0.39 is 0 Å². The van der Waals surface area contributed by atoms with E-state index in [9.17, 15) is 4.79 Å². The van der Waals surface area contributed by atoms with Gasteiger partial charge in [0.1, 0.15) is 0 Å². The molecule has 24 heavy (non-hydrogen) atoms. The molecule has 3 heterocycles. The van der Waals surface area contributed by atoms with Crippen LogP contribution in [-0.2, 0) is 17.6 Å². The van der Waals surface area contributed by atoms with Gasteiger partial charge in [-0.05, 0) is 23.9 Å². The standard InChI is InChI=1S/C18H16N4OS/c23-16-10-12-11-20-18(19-8-7-13-4-3-9-24-13)22-17(12)14-5-1-2-6-15(14)21-16/h1-6,9,11H,7-8,10H2,(H,21,23)(H,19,20,22). The maximum Gasteiger partial charge on any atom is 0.228 e. The summed E-state index contributed by atoms with van der Waals surface area (Å²) in [5, 5.41) is 8.28. The van der Waals surface area contributed by atoms with Crippen LogP contribution in [0.2, 0.25) is 0 Å². The minimum Gasteiger partial charge on any atom is -0.354 e. The van der Waals surface area contributed by atoms with Crippen LogP contribution in [-0.4, -0.2) is 22.4 Å². The number of anilines is 2. The molecule has 1 aromatic carbocycles. The molecule has 0 radical (unpaired) electrons.